The van der Waals surface area contributed by atoms with Crippen LogP contribution < -0.4 is 5.32 Å². The van der Waals surface area contributed by atoms with Crippen molar-refractivity contribution in [2.24, 2.45) is 13.0 Å². The second-order valence-electron chi connectivity index (χ2n) is 6.61. The van der Waals surface area contributed by atoms with Crippen molar-refractivity contribution in [2.45, 2.75) is 19.4 Å². The number of aryl methyl sites for hydroxylation is 1. The summed E-state index contributed by atoms with van der Waals surface area (Å²) in [4.78, 5) is 16.7. The van der Waals surface area contributed by atoms with Crippen molar-refractivity contribution in [3.05, 3.63) is 36.3 Å². The van der Waals surface area contributed by atoms with Gasteiger partial charge in [-0.3, -0.25) is 14.5 Å². The zero-order chi connectivity index (χ0) is 18.7. The molecule has 1 aliphatic heterocycles. The van der Waals surface area contributed by atoms with Crippen LogP contribution in [0.3, 0.4) is 0 Å². The van der Waals surface area contributed by atoms with Gasteiger partial charge in [0.15, 0.2) is 0 Å². The molecule has 1 saturated heterocycles. The van der Waals surface area contributed by atoms with E-state index in [9.17, 15) is 13.2 Å². The van der Waals surface area contributed by atoms with Gasteiger partial charge in [0, 0.05) is 50.6 Å². The van der Waals surface area contributed by atoms with Gasteiger partial charge in [0.25, 0.3) is 0 Å². The smallest absolute Gasteiger partial charge is 0.223 e. The van der Waals surface area contributed by atoms with Gasteiger partial charge in [-0.05, 0) is 24.5 Å². The molecule has 0 aromatic carbocycles. The van der Waals surface area contributed by atoms with E-state index in [2.05, 4.69) is 15.4 Å². The largest absolute Gasteiger partial charge is 0.352 e. The predicted octanol–water partition coefficient (Wildman–Crippen LogP) is 0.770. The average molecular weight is 377 g/mol. The fourth-order valence-corrected chi connectivity index (χ4v) is 3.91. The van der Waals surface area contributed by atoms with Gasteiger partial charge in [-0.25, -0.2) is 12.7 Å². The number of pyridine rings is 1. The molecule has 8 nitrogen and oxygen atoms in total. The van der Waals surface area contributed by atoms with Crippen molar-refractivity contribution in [3.63, 3.8) is 0 Å². The van der Waals surface area contributed by atoms with Crippen LogP contribution in [-0.4, -0.2) is 52.7 Å². The zero-order valence-corrected chi connectivity index (χ0v) is 15.7. The van der Waals surface area contributed by atoms with Gasteiger partial charge in [-0.1, -0.05) is 6.07 Å². The molecule has 1 aliphatic rings. The number of piperidine rings is 1. The maximum Gasteiger partial charge on any atom is 0.223 e. The Morgan fingerprint density at radius 3 is 2.54 bits per heavy atom. The summed E-state index contributed by atoms with van der Waals surface area (Å²) >= 11 is 0. The summed E-state index contributed by atoms with van der Waals surface area (Å²) in [6.45, 7) is 1.21. The number of hydrogen-bond donors (Lipinski definition) is 1. The topological polar surface area (TPSA) is 97.2 Å². The number of hydrogen-bond acceptors (Lipinski definition) is 5. The molecule has 2 aromatic rings. The van der Waals surface area contributed by atoms with Crippen molar-refractivity contribution in [3.8, 4) is 11.3 Å². The third kappa shape index (κ3) is 4.47. The minimum absolute atomic E-state index is 0.0329. The zero-order valence-electron chi connectivity index (χ0n) is 14.9. The molecular formula is C17H23N5O3S. The third-order valence-corrected chi connectivity index (χ3v) is 5.89. The minimum atomic E-state index is -3.17. The Balaban J connectivity index is 1.50. The van der Waals surface area contributed by atoms with E-state index in [1.54, 1.807) is 17.1 Å². The second-order valence-corrected chi connectivity index (χ2v) is 8.59. The van der Waals surface area contributed by atoms with E-state index in [1.165, 1.54) is 10.6 Å². The highest BCUT2D eigenvalue weighted by Gasteiger charge is 2.28. The molecule has 2 aromatic heterocycles. The minimum Gasteiger partial charge on any atom is -0.352 e. The monoisotopic (exact) mass is 377 g/mol. The van der Waals surface area contributed by atoms with E-state index >= 15 is 0 Å². The molecule has 0 radical (unpaired) electrons. The lowest BCUT2D eigenvalue weighted by molar-refractivity contribution is -0.126. The van der Waals surface area contributed by atoms with Crippen LogP contribution in [0.2, 0.25) is 0 Å². The number of carbonyl (C=O) groups excluding carboxylic acids is 1. The summed E-state index contributed by atoms with van der Waals surface area (Å²) < 4.78 is 26.2. The molecule has 140 valence electrons. The number of nitrogens with one attached hydrogen (secondary N) is 1. The Morgan fingerprint density at radius 1 is 1.27 bits per heavy atom. The highest BCUT2D eigenvalue weighted by atomic mass is 32.2. The van der Waals surface area contributed by atoms with Crippen LogP contribution in [-0.2, 0) is 28.4 Å². The number of rotatable bonds is 5. The van der Waals surface area contributed by atoms with Crippen molar-refractivity contribution >= 4 is 15.9 Å². The van der Waals surface area contributed by atoms with Crippen LogP contribution in [0.4, 0.5) is 0 Å². The Bertz CT molecular complexity index is 868. The molecule has 0 spiro atoms. The molecule has 9 heteroatoms. The highest BCUT2D eigenvalue weighted by molar-refractivity contribution is 7.88. The highest BCUT2D eigenvalue weighted by Crippen LogP contribution is 2.20. The van der Waals surface area contributed by atoms with Gasteiger partial charge in [0.1, 0.15) is 0 Å². The standard InChI is InChI=1S/C17H23N5O3S/c1-21-12-15(11-20-21)16-4-3-13(9-18-16)10-19-17(23)14-5-7-22(8-6-14)26(2,24)25/h3-4,9,11-12,14H,5-8,10H2,1-2H3,(H,19,23). The Morgan fingerprint density at radius 2 is 2.00 bits per heavy atom. The molecule has 0 atom stereocenters. The van der Waals surface area contributed by atoms with Crippen LogP contribution in [0.25, 0.3) is 11.3 Å². The molecule has 3 heterocycles. The predicted molar refractivity (Wildman–Crippen MR) is 97.4 cm³/mol. The quantitative estimate of drug-likeness (QED) is 0.830. The number of nitrogens with zero attached hydrogens (tertiary/aromatic N) is 4. The summed E-state index contributed by atoms with van der Waals surface area (Å²) in [7, 11) is -1.31. The molecule has 0 aliphatic carbocycles. The second kappa shape index (κ2) is 7.55. The normalized spacial score (nSPS) is 16.5. The van der Waals surface area contributed by atoms with Crippen LogP contribution >= 0.6 is 0 Å². The van der Waals surface area contributed by atoms with Crippen molar-refractivity contribution in [2.75, 3.05) is 19.3 Å². The first-order chi connectivity index (χ1) is 12.3. The Hall–Kier alpha value is -2.26. The number of sulfonamides is 1. The molecule has 0 bridgehead atoms. The summed E-state index contributed by atoms with van der Waals surface area (Å²) in [5.41, 5.74) is 2.70. The lowest BCUT2D eigenvalue weighted by atomic mass is 9.97. The maximum absolute atomic E-state index is 12.3. The number of carbonyl (C=O) groups is 1. The van der Waals surface area contributed by atoms with E-state index < -0.39 is 10.0 Å². The summed E-state index contributed by atoms with van der Waals surface area (Å²) in [6.07, 6.45) is 7.71. The van der Waals surface area contributed by atoms with E-state index in [4.69, 9.17) is 0 Å². The first-order valence-electron chi connectivity index (χ1n) is 8.50. The fourth-order valence-electron chi connectivity index (χ4n) is 3.04. The third-order valence-electron chi connectivity index (χ3n) is 4.59. The van der Waals surface area contributed by atoms with Crippen molar-refractivity contribution in [1.82, 2.24) is 24.4 Å². The molecule has 1 N–H and O–H groups in total. The average Bonchev–Trinajstić information content (AvgIpc) is 3.06. The molecule has 1 amide bonds. The van der Waals surface area contributed by atoms with Gasteiger partial charge in [0.05, 0.1) is 18.1 Å². The Labute approximate surface area is 153 Å². The van der Waals surface area contributed by atoms with E-state index in [0.29, 0.717) is 32.5 Å². The van der Waals surface area contributed by atoms with Crippen LogP contribution in [0.5, 0.6) is 0 Å². The van der Waals surface area contributed by atoms with E-state index in [0.717, 1.165) is 16.8 Å². The molecular weight excluding hydrogens is 354 g/mol. The van der Waals surface area contributed by atoms with Gasteiger partial charge >= 0.3 is 0 Å². The van der Waals surface area contributed by atoms with Gasteiger partial charge in [-0.2, -0.15) is 5.10 Å². The SMILES string of the molecule is Cn1cc(-c2ccc(CNC(=O)C3CCN(S(C)(=O)=O)CC3)cn2)cn1. The van der Waals surface area contributed by atoms with Crippen molar-refractivity contribution in [1.29, 1.82) is 0 Å². The molecule has 26 heavy (non-hydrogen) atoms. The number of amides is 1. The first-order valence-corrected chi connectivity index (χ1v) is 10.3. The van der Waals surface area contributed by atoms with E-state index in [-0.39, 0.29) is 11.8 Å². The van der Waals surface area contributed by atoms with Crippen LogP contribution in [0.15, 0.2) is 30.7 Å². The fraction of sp³-hybridized carbons (Fsp3) is 0.471. The molecule has 3 rings (SSSR count). The molecule has 0 saturated carbocycles. The van der Waals surface area contributed by atoms with Crippen molar-refractivity contribution < 1.29 is 13.2 Å². The maximum atomic E-state index is 12.3. The number of aromatic nitrogens is 3. The van der Waals surface area contributed by atoms with Gasteiger partial charge in [0.2, 0.25) is 15.9 Å². The van der Waals surface area contributed by atoms with Crippen LogP contribution in [0, 0.1) is 5.92 Å². The summed E-state index contributed by atoms with van der Waals surface area (Å²) in [6, 6.07) is 3.84. The lowest BCUT2D eigenvalue weighted by Crippen LogP contribution is -2.42. The summed E-state index contributed by atoms with van der Waals surface area (Å²) in [5.74, 6) is -0.176. The van der Waals surface area contributed by atoms with Gasteiger partial charge < -0.3 is 5.32 Å². The Kier molecular flexibility index (Phi) is 5.38. The first kappa shape index (κ1) is 18.5. The lowest BCUT2D eigenvalue weighted by Gasteiger charge is -2.29. The molecule has 1 fully saturated rings. The van der Waals surface area contributed by atoms with Crippen LogP contribution in [0.1, 0.15) is 18.4 Å². The van der Waals surface area contributed by atoms with Gasteiger partial charge in [-0.15, -0.1) is 0 Å². The molecule has 0 unspecified atom stereocenters. The van der Waals surface area contributed by atoms with E-state index in [1.807, 2.05) is 25.4 Å². The summed E-state index contributed by atoms with van der Waals surface area (Å²) in [5, 5.41) is 7.05.